The summed E-state index contributed by atoms with van der Waals surface area (Å²) in [7, 11) is -3.03. The number of rotatable bonds is 5. The third kappa shape index (κ3) is 3.66. The number of piperazine rings is 1. The molecule has 0 radical (unpaired) electrons. The van der Waals surface area contributed by atoms with Gasteiger partial charge in [-0.05, 0) is 31.6 Å². The van der Waals surface area contributed by atoms with Crippen LogP contribution in [0.5, 0.6) is 0 Å². The van der Waals surface area contributed by atoms with Gasteiger partial charge in [-0.15, -0.1) is 0 Å². The molecule has 0 unspecified atom stereocenters. The number of nitrogens with two attached hydrogens (primary N) is 1. The Bertz CT molecular complexity index is 460. The molecule has 6 heteroatoms. The van der Waals surface area contributed by atoms with Crippen molar-refractivity contribution in [1.82, 2.24) is 9.21 Å². The Kier molecular flexibility index (Phi) is 5.12. The van der Waals surface area contributed by atoms with Crippen LogP contribution in [0.15, 0.2) is 0 Å². The van der Waals surface area contributed by atoms with Crippen LogP contribution in [0.4, 0.5) is 0 Å². The van der Waals surface area contributed by atoms with Gasteiger partial charge < -0.3 is 5.73 Å². The third-order valence-electron chi connectivity index (χ3n) is 5.86. The highest BCUT2D eigenvalue weighted by molar-refractivity contribution is 7.89. The number of sulfonamides is 1. The molecule has 3 rings (SSSR count). The van der Waals surface area contributed by atoms with E-state index in [2.05, 4.69) is 4.90 Å². The highest BCUT2D eigenvalue weighted by Crippen LogP contribution is 2.34. The molecule has 1 saturated heterocycles. The van der Waals surface area contributed by atoms with Crippen molar-refractivity contribution < 1.29 is 8.42 Å². The van der Waals surface area contributed by atoms with E-state index in [-0.39, 0.29) is 5.54 Å². The van der Waals surface area contributed by atoms with Crippen molar-refractivity contribution in [2.75, 3.05) is 38.5 Å². The van der Waals surface area contributed by atoms with Gasteiger partial charge in [0.05, 0.1) is 5.75 Å². The molecule has 2 saturated carbocycles. The van der Waals surface area contributed by atoms with Gasteiger partial charge in [-0.3, -0.25) is 4.90 Å². The van der Waals surface area contributed by atoms with Crippen molar-refractivity contribution in [3.63, 3.8) is 0 Å². The smallest absolute Gasteiger partial charge is 0.214 e. The van der Waals surface area contributed by atoms with E-state index >= 15 is 0 Å². The highest BCUT2D eigenvalue weighted by Gasteiger charge is 2.40. The summed E-state index contributed by atoms with van der Waals surface area (Å²) in [5, 5.41) is 0. The quantitative estimate of drug-likeness (QED) is 0.774. The van der Waals surface area contributed by atoms with Crippen LogP contribution in [0.2, 0.25) is 0 Å². The lowest BCUT2D eigenvalue weighted by Gasteiger charge is -2.47. The van der Waals surface area contributed by atoms with E-state index in [4.69, 9.17) is 5.73 Å². The minimum absolute atomic E-state index is 0.128. The molecular weight excluding hydrogens is 298 g/mol. The first-order chi connectivity index (χ1) is 10.6. The third-order valence-corrected chi connectivity index (χ3v) is 7.90. The maximum atomic E-state index is 12.4. The average molecular weight is 330 g/mol. The Labute approximate surface area is 135 Å². The van der Waals surface area contributed by atoms with Gasteiger partial charge in [-0.25, -0.2) is 8.42 Å². The van der Waals surface area contributed by atoms with Crippen LogP contribution in [0.25, 0.3) is 0 Å². The molecule has 0 aromatic rings. The molecule has 5 nitrogen and oxygen atoms in total. The lowest BCUT2D eigenvalue weighted by molar-refractivity contribution is 0.0468. The molecule has 22 heavy (non-hydrogen) atoms. The molecule has 3 fully saturated rings. The molecule has 0 aromatic carbocycles. The summed E-state index contributed by atoms with van der Waals surface area (Å²) in [4.78, 5) is 2.50. The van der Waals surface area contributed by atoms with Gasteiger partial charge in [0.2, 0.25) is 10.0 Å². The summed E-state index contributed by atoms with van der Waals surface area (Å²) in [6, 6.07) is 0. The monoisotopic (exact) mass is 329 g/mol. The second-order valence-corrected chi connectivity index (χ2v) is 9.46. The van der Waals surface area contributed by atoms with Crippen LogP contribution in [-0.4, -0.2) is 61.6 Å². The van der Waals surface area contributed by atoms with Crippen molar-refractivity contribution in [2.24, 2.45) is 11.7 Å². The van der Waals surface area contributed by atoms with E-state index in [9.17, 15) is 8.42 Å². The Hall–Kier alpha value is -0.170. The molecule has 2 aliphatic carbocycles. The normalized spacial score (nSPS) is 28.4. The van der Waals surface area contributed by atoms with Crippen molar-refractivity contribution >= 4 is 10.0 Å². The van der Waals surface area contributed by atoms with E-state index in [0.717, 1.165) is 25.9 Å². The van der Waals surface area contributed by atoms with Gasteiger partial charge >= 0.3 is 0 Å². The van der Waals surface area contributed by atoms with Gasteiger partial charge in [0.15, 0.2) is 0 Å². The van der Waals surface area contributed by atoms with Crippen LogP contribution in [0.1, 0.15) is 51.4 Å². The molecule has 3 aliphatic rings. The van der Waals surface area contributed by atoms with Crippen LogP contribution >= 0.6 is 0 Å². The van der Waals surface area contributed by atoms with E-state index in [1.807, 2.05) is 0 Å². The second-order valence-electron chi connectivity index (χ2n) is 7.45. The van der Waals surface area contributed by atoms with E-state index in [0.29, 0.717) is 31.3 Å². The predicted molar refractivity (Wildman–Crippen MR) is 89.1 cm³/mol. The molecule has 1 aliphatic heterocycles. The SMILES string of the molecule is NCC1(N2CCN(S(=O)(=O)CC3CC3)CC2)CCCCCC1. The molecule has 0 aromatic heterocycles. The number of hydrogen-bond donors (Lipinski definition) is 1. The molecule has 0 bridgehead atoms. The molecule has 128 valence electrons. The Morgan fingerprint density at radius 1 is 0.955 bits per heavy atom. The van der Waals surface area contributed by atoms with E-state index < -0.39 is 10.0 Å². The largest absolute Gasteiger partial charge is 0.329 e. The standard InChI is InChI=1S/C16H31N3O2S/c17-14-16(7-3-1-2-4-8-16)18-9-11-19(12-10-18)22(20,21)13-15-5-6-15/h15H,1-14,17H2. The van der Waals surface area contributed by atoms with Crippen LogP contribution in [-0.2, 0) is 10.0 Å². The van der Waals surface area contributed by atoms with Crippen LogP contribution < -0.4 is 5.73 Å². The van der Waals surface area contributed by atoms with Crippen molar-refractivity contribution in [3.05, 3.63) is 0 Å². The maximum Gasteiger partial charge on any atom is 0.214 e. The molecule has 0 spiro atoms. The zero-order valence-electron chi connectivity index (χ0n) is 13.7. The molecule has 0 amide bonds. The Morgan fingerprint density at radius 3 is 2.05 bits per heavy atom. The highest BCUT2D eigenvalue weighted by atomic mass is 32.2. The first-order valence-corrected chi connectivity index (χ1v) is 10.6. The predicted octanol–water partition coefficient (Wildman–Crippen LogP) is 1.40. The summed E-state index contributed by atoms with van der Waals surface area (Å²) in [5.74, 6) is 0.801. The minimum Gasteiger partial charge on any atom is -0.329 e. The molecule has 1 heterocycles. The van der Waals surface area contributed by atoms with E-state index in [1.165, 1.54) is 38.5 Å². The zero-order chi connectivity index (χ0) is 15.6. The molecular formula is C16H31N3O2S. The van der Waals surface area contributed by atoms with Gasteiger partial charge in [0.1, 0.15) is 0 Å². The van der Waals surface area contributed by atoms with Crippen molar-refractivity contribution in [1.29, 1.82) is 0 Å². The summed E-state index contributed by atoms with van der Waals surface area (Å²) in [6.07, 6.45) is 9.70. The topological polar surface area (TPSA) is 66.6 Å². The van der Waals surface area contributed by atoms with Crippen molar-refractivity contribution in [3.8, 4) is 0 Å². The number of nitrogens with zero attached hydrogens (tertiary/aromatic N) is 2. The molecule has 2 N–H and O–H groups in total. The van der Waals surface area contributed by atoms with E-state index in [1.54, 1.807) is 4.31 Å². The fourth-order valence-corrected chi connectivity index (χ4v) is 6.02. The second kappa shape index (κ2) is 6.75. The summed E-state index contributed by atoms with van der Waals surface area (Å²) >= 11 is 0. The first kappa shape index (κ1) is 16.7. The van der Waals surface area contributed by atoms with Gasteiger partial charge in [-0.1, -0.05) is 25.7 Å². The van der Waals surface area contributed by atoms with Gasteiger partial charge in [0, 0.05) is 38.3 Å². The summed E-state index contributed by atoms with van der Waals surface area (Å²) in [6.45, 7) is 3.71. The summed E-state index contributed by atoms with van der Waals surface area (Å²) < 4.78 is 26.5. The lowest BCUT2D eigenvalue weighted by Crippen LogP contribution is -2.60. The Balaban J connectivity index is 1.60. The average Bonchev–Trinajstić information content (AvgIpc) is 3.34. The fraction of sp³-hybridized carbons (Fsp3) is 1.00. The number of hydrogen-bond acceptors (Lipinski definition) is 4. The summed E-state index contributed by atoms with van der Waals surface area (Å²) in [5.41, 5.74) is 6.29. The zero-order valence-corrected chi connectivity index (χ0v) is 14.5. The van der Waals surface area contributed by atoms with Crippen LogP contribution in [0, 0.1) is 5.92 Å². The van der Waals surface area contributed by atoms with Crippen LogP contribution in [0.3, 0.4) is 0 Å². The van der Waals surface area contributed by atoms with Gasteiger partial charge in [-0.2, -0.15) is 4.31 Å². The maximum absolute atomic E-state index is 12.4. The Morgan fingerprint density at radius 2 is 1.55 bits per heavy atom. The minimum atomic E-state index is -3.03. The van der Waals surface area contributed by atoms with Gasteiger partial charge in [0.25, 0.3) is 0 Å². The fourth-order valence-electron chi connectivity index (χ4n) is 4.16. The lowest BCUT2D eigenvalue weighted by atomic mass is 9.87. The molecule has 0 atom stereocenters. The van der Waals surface area contributed by atoms with Crippen molar-refractivity contribution in [2.45, 2.75) is 56.9 Å². The first-order valence-electron chi connectivity index (χ1n) is 8.99.